The van der Waals surface area contributed by atoms with Crippen LogP contribution in [0.1, 0.15) is 37.8 Å². The Morgan fingerprint density at radius 2 is 1.61 bits per heavy atom. The molecule has 2 aromatic carbocycles. The summed E-state index contributed by atoms with van der Waals surface area (Å²) in [5.74, 6) is 0.0744. The molecule has 0 aliphatic rings. The van der Waals surface area contributed by atoms with Crippen molar-refractivity contribution >= 4 is 11.8 Å². The van der Waals surface area contributed by atoms with E-state index in [1.54, 1.807) is 56.3 Å². The van der Waals surface area contributed by atoms with E-state index in [1.807, 2.05) is 0 Å². The predicted octanol–water partition coefficient (Wildman–Crippen LogP) is 3.69. The minimum absolute atomic E-state index is 0.171. The highest BCUT2D eigenvalue weighted by Gasteiger charge is 2.16. The second-order valence-corrected chi connectivity index (χ2v) is 6.15. The Balaban J connectivity index is 1.64. The molecule has 0 fully saturated rings. The van der Waals surface area contributed by atoms with Gasteiger partial charge in [-0.05, 0) is 49.7 Å². The van der Waals surface area contributed by atoms with Crippen molar-refractivity contribution in [3.63, 3.8) is 0 Å². The molecule has 1 heterocycles. The Kier molecular flexibility index (Phi) is 5.74. The van der Waals surface area contributed by atoms with Gasteiger partial charge in [0.2, 0.25) is 0 Å². The van der Waals surface area contributed by atoms with Gasteiger partial charge in [-0.3, -0.25) is 20.4 Å². The van der Waals surface area contributed by atoms with Gasteiger partial charge >= 0.3 is 0 Å². The number of nitrogens with one attached hydrogen (secondary N) is 2. The number of para-hydroxylation sites is 1. The largest absolute Gasteiger partial charge is 0.488 e. The van der Waals surface area contributed by atoms with E-state index in [0.29, 0.717) is 22.8 Å². The third kappa shape index (κ3) is 4.56. The monoisotopic (exact) mass is 382 g/mol. The molecule has 0 unspecified atom stereocenters. The van der Waals surface area contributed by atoms with Gasteiger partial charge in [0, 0.05) is 0 Å². The molecule has 0 saturated carbocycles. The predicted molar refractivity (Wildman–Crippen MR) is 100 cm³/mol. The topological polar surface area (TPSA) is 80.6 Å². The van der Waals surface area contributed by atoms with Crippen molar-refractivity contribution in [2.45, 2.75) is 20.5 Å². The Bertz CT molecular complexity index is 996. The van der Waals surface area contributed by atoms with Crippen LogP contribution in [0.3, 0.4) is 0 Å². The molecule has 2 N–H and O–H groups in total. The molecule has 0 saturated heterocycles. The molecule has 6 nitrogen and oxygen atoms in total. The summed E-state index contributed by atoms with van der Waals surface area (Å²) in [5.41, 5.74) is 6.09. The molecule has 28 heavy (non-hydrogen) atoms. The lowest BCUT2D eigenvalue weighted by Crippen LogP contribution is -2.41. The fraction of sp³-hybridized carbons (Fsp3) is 0.143. The van der Waals surface area contributed by atoms with Gasteiger partial charge in [0.25, 0.3) is 11.8 Å². The number of carbonyl (C=O) groups is 2. The number of halogens is 1. The number of amides is 2. The van der Waals surface area contributed by atoms with Crippen LogP contribution in [0, 0.1) is 19.7 Å². The first-order chi connectivity index (χ1) is 13.4. The number of hydrogen-bond acceptors (Lipinski definition) is 4. The number of hydrazine groups is 1. The van der Waals surface area contributed by atoms with Crippen LogP contribution in [0.25, 0.3) is 0 Å². The standard InChI is InChI=1S/C21H19FN2O4/c1-13-11-18(14(2)28-13)21(26)24-23-20(25)17-5-3-4-6-19(17)27-12-15-7-9-16(22)10-8-15/h3-11H,12H2,1-2H3,(H,23,25)(H,24,26). The minimum atomic E-state index is -0.527. The first kappa shape index (κ1) is 19.2. The van der Waals surface area contributed by atoms with E-state index in [0.717, 1.165) is 5.56 Å². The summed E-state index contributed by atoms with van der Waals surface area (Å²) in [6.45, 7) is 3.57. The number of rotatable bonds is 5. The normalized spacial score (nSPS) is 10.4. The maximum absolute atomic E-state index is 13.0. The van der Waals surface area contributed by atoms with Gasteiger partial charge in [0.05, 0.1) is 11.1 Å². The lowest BCUT2D eigenvalue weighted by Gasteiger charge is -2.12. The van der Waals surface area contributed by atoms with Crippen LogP contribution in [-0.2, 0) is 6.61 Å². The van der Waals surface area contributed by atoms with Gasteiger partial charge < -0.3 is 9.15 Å². The fourth-order valence-corrected chi connectivity index (χ4v) is 2.63. The van der Waals surface area contributed by atoms with Crippen LogP contribution in [-0.4, -0.2) is 11.8 Å². The van der Waals surface area contributed by atoms with Gasteiger partial charge in [-0.15, -0.1) is 0 Å². The summed E-state index contributed by atoms with van der Waals surface area (Å²) < 4.78 is 24.0. The van der Waals surface area contributed by atoms with E-state index in [-0.39, 0.29) is 18.0 Å². The summed E-state index contributed by atoms with van der Waals surface area (Å²) in [6.07, 6.45) is 0. The Morgan fingerprint density at radius 1 is 0.964 bits per heavy atom. The molecule has 7 heteroatoms. The number of furan rings is 1. The summed E-state index contributed by atoms with van der Waals surface area (Å²) in [6, 6.07) is 14.1. The Hall–Kier alpha value is -3.61. The highest BCUT2D eigenvalue weighted by molar-refractivity contribution is 6.00. The van der Waals surface area contributed by atoms with Gasteiger partial charge in [-0.1, -0.05) is 24.3 Å². The van der Waals surface area contributed by atoms with Crippen molar-refractivity contribution in [1.29, 1.82) is 0 Å². The van der Waals surface area contributed by atoms with Crippen molar-refractivity contribution in [3.8, 4) is 5.75 Å². The zero-order chi connectivity index (χ0) is 20.1. The highest BCUT2D eigenvalue weighted by Crippen LogP contribution is 2.19. The number of benzene rings is 2. The van der Waals surface area contributed by atoms with E-state index in [2.05, 4.69) is 10.9 Å². The maximum atomic E-state index is 13.0. The van der Waals surface area contributed by atoms with Gasteiger partial charge in [-0.25, -0.2) is 4.39 Å². The Labute approximate surface area is 161 Å². The van der Waals surface area contributed by atoms with E-state index < -0.39 is 11.8 Å². The first-order valence-electron chi connectivity index (χ1n) is 8.58. The maximum Gasteiger partial charge on any atom is 0.273 e. The van der Waals surface area contributed by atoms with E-state index in [9.17, 15) is 14.0 Å². The van der Waals surface area contributed by atoms with Crippen LogP contribution in [0.2, 0.25) is 0 Å². The van der Waals surface area contributed by atoms with Crippen LogP contribution in [0.15, 0.2) is 59.0 Å². The van der Waals surface area contributed by atoms with Crippen molar-refractivity contribution in [3.05, 3.63) is 88.6 Å². The second kappa shape index (κ2) is 8.39. The molecule has 144 valence electrons. The quantitative estimate of drug-likeness (QED) is 0.660. The van der Waals surface area contributed by atoms with E-state index in [1.165, 1.54) is 12.1 Å². The molecule has 0 aliphatic heterocycles. The van der Waals surface area contributed by atoms with E-state index in [4.69, 9.17) is 9.15 Å². The zero-order valence-electron chi connectivity index (χ0n) is 15.4. The third-order valence-corrected chi connectivity index (χ3v) is 4.01. The number of hydrogen-bond donors (Lipinski definition) is 2. The molecule has 0 bridgehead atoms. The smallest absolute Gasteiger partial charge is 0.273 e. The molecule has 3 rings (SSSR count). The molecule has 3 aromatic rings. The SMILES string of the molecule is Cc1cc(C(=O)NNC(=O)c2ccccc2OCc2ccc(F)cc2)c(C)o1. The molecule has 0 radical (unpaired) electrons. The highest BCUT2D eigenvalue weighted by atomic mass is 19.1. The number of ether oxygens (including phenoxy) is 1. The average molecular weight is 382 g/mol. The van der Waals surface area contributed by atoms with Crippen molar-refractivity contribution < 1.29 is 23.1 Å². The molecule has 0 aliphatic carbocycles. The van der Waals surface area contributed by atoms with Crippen LogP contribution in [0.4, 0.5) is 4.39 Å². The van der Waals surface area contributed by atoms with Crippen molar-refractivity contribution in [2.75, 3.05) is 0 Å². The van der Waals surface area contributed by atoms with Gasteiger partial charge in [0.1, 0.15) is 29.7 Å². The van der Waals surface area contributed by atoms with Gasteiger partial charge in [0.15, 0.2) is 0 Å². The fourth-order valence-electron chi connectivity index (χ4n) is 2.63. The molecule has 0 spiro atoms. The lowest BCUT2D eigenvalue weighted by atomic mass is 10.2. The minimum Gasteiger partial charge on any atom is -0.488 e. The van der Waals surface area contributed by atoms with Crippen molar-refractivity contribution in [1.82, 2.24) is 10.9 Å². The lowest BCUT2D eigenvalue weighted by molar-refractivity contribution is 0.0843. The summed E-state index contributed by atoms with van der Waals surface area (Å²) >= 11 is 0. The number of aryl methyl sites for hydroxylation is 2. The average Bonchev–Trinajstić information content (AvgIpc) is 3.04. The first-order valence-corrected chi connectivity index (χ1v) is 8.58. The molecule has 2 amide bonds. The third-order valence-electron chi connectivity index (χ3n) is 4.01. The van der Waals surface area contributed by atoms with Crippen LogP contribution < -0.4 is 15.6 Å². The molecule has 1 aromatic heterocycles. The molecule has 0 atom stereocenters. The zero-order valence-corrected chi connectivity index (χ0v) is 15.4. The van der Waals surface area contributed by atoms with Crippen LogP contribution >= 0.6 is 0 Å². The van der Waals surface area contributed by atoms with Gasteiger partial charge in [-0.2, -0.15) is 0 Å². The van der Waals surface area contributed by atoms with Crippen molar-refractivity contribution in [2.24, 2.45) is 0 Å². The van der Waals surface area contributed by atoms with Crippen LogP contribution in [0.5, 0.6) is 5.75 Å². The number of carbonyl (C=O) groups excluding carboxylic acids is 2. The van der Waals surface area contributed by atoms with E-state index >= 15 is 0 Å². The summed E-state index contributed by atoms with van der Waals surface area (Å²) in [5, 5.41) is 0. The molecular formula is C21H19FN2O4. The summed E-state index contributed by atoms with van der Waals surface area (Å²) in [4.78, 5) is 24.7. The second-order valence-electron chi connectivity index (χ2n) is 6.15. The summed E-state index contributed by atoms with van der Waals surface area (Å²) in [7, 11) is 0. The Morgan fingerprint density at radius 3 is 2.25 bits per heavy atom. The molecular weight excluding hydrogens is 363 g/mol.